The highest BCUT2D eigenvalue weighted by Gasteiger charge is 2.39. The van der Waals surface area contributed by atoms with Crippen molar-refractivity contribution >= 4 is 39.9 Å². The van der Waals surface area contributed by atoms with Crippen molar-refractivity contribution in [1.82, 2.24) is 0 Å². The summed E-state index contributed by atoms with van der Waals surface area (Å²) in [5.74, 6) is -1.43. The van der Waals surface area contributed by atoms with Gasteiger partial charge in [-0.3, -0.25) is 9.59 Å². The van der Waals surface area contributed by atoms with E-state index < -0.39 is 24.6 Å². The first-order chi connectivity index (χ1) is 15.5. The first kappa shape index (κ1) is 23.3. The topological polar surface area (TPSA) is 66.8 Å². The second-order valence-corrected chi connectivity index (χ2v) is 10.2. The fourth-order valence-corrected chi connectivity index (χ4v) is 4.64. The highest BCUT2D eigenvalue weighted by Crippen LogP contribution is 2.43. The van der Waals surface area contributed by atoms with Gasteiger partial charge in [-0.05, 0) is 52.4 Å². The Balaban J connectivity index is 1.97. The molecule has 0 radical (unpaired) electrons. The number of nitrogens with zero attached hydrogens (tertiary/aromatic N) is 1. The molecule has 0 unspecified atom stereocenters. The maximum absolute atomic E-state index is 13.6. The number of carboxylic acids is 1. The average molecular weight is 466 g/mol. The molecule has 0 saturated heterocycles. The van der Waals surface area contributed by atoms with Gasteiger partial charge in [-0.25, -0.2) is 0 Å². The number of aliphatic carboxylic acids is 1. The molecule has 1 aliphatic rings. The zero-order chi connectivity index (χ0) is 23.9. The first-order valence-electron chi connectivity index (χ1n) is 11.0. The van der Waals surface area contributed by atoms with Gasteiger partial charge in [0.05, 0.1) is 6.42 Å². The molecule has 0 fully saturated rings. The van der Waals surface area contributed by atoms with Crippen molar-refractivity contribution in [3.63, 3.8) is 0 Å². The van der Waals surface area contributed by atoms with Crippen LogP contribution < -0.4 is 4.90 Å². The van der Waals surface area contributed by atoms with Crippen molar-refractivity contribution in [2.75, 3.05) is 11.4 Å². The average Bonchev–Trinajstić information content (AvgIpc) is 2.83. The molecule has 1 amide bonds. The molecule has 172 valence electrons. The zero-order valence-corrected chi connectivity index (χ0v) is 20.0. The van der Waals surface area contributed by atoms with E-state index >= 15 is 0 Å². The molecule has 1 heterocycles. The first-order valence-corrected chi connectivity index (χ1v) is 11.4. The van der Waals surface area contributed by atoms with E-state index in [0.717, 1.165) is 27.5 Å². The number of carboxylic acid groups (broad SMARTS) is 1. The summed E-state index contributed by atoms with van der Waals surface area (Å²) in [6, 6.07) is 17.5. The number of carbonyl (C=O) groups is 2. The second kappa shape index (κ2) is 8.81. The SMILES string of the molecule is Cc1cccc2c([C@@H]3O[C@@H](CC(=O)O)C(=O)N(CC(C)(C)C)c4ccc(Cl)cc43)cccc12. The predicted molar refractivity (Wildman–Crippen MR) is 131 cm³/mol. The Morgan fingerprint density at radius 1 is 1.06 bits per heavy atom. The number of amides is 1. The van der Waals surface area contributed by atoms with Gasteiger partial charge >= 0.3 is 5.97 Å². The largest absolute Gasteiger partial charge is 0.481 e. The van der Waals surface area contributed by atoms with E-state index in [1.54, 1.807) is 11.0 Å². The summed E-state index contributed by atoms with van der Waals surface area (Å²) in [6.07, 6.45) is -2.19. The van der Waals surface area contributed by atoms with Crippen LogP contribution in [0.15, 0.2) is 54.6 Å². The lowest BCUT2D eigenvalue weighted by Gasteiger charge is -2.31. The highest BCUT2D eigenvalue weighted by atomic mass is 35.5. The third-order valence-electron chi connectivity index (χ3n) is 5.85. The fourth-order valence-electron chi connectivity index (χ4n) is 4.46. The highest BCUT2D eigenvalue weighted by molar-refractivity contribution is 6.30. The number of hydrogen-bond acceptors (Lipinski definition) is 3. The minimum absolute atomic E-state index is 0.212. The van der Waals surface area contributed by atoms with Gasteiger partial charge in [-0.15, -0.1) is 0 Å². The lowest BCUT2D eigenvalue weighted by atomic mass is 9.92. The second-order valence-electron chi connectivity index (χ2n) is 9.81. The predicted octanol–water partition coefficient (Wildman–Crippen LogP) is 6.14. The van der Waals surface area contributed by atoms with E-state index in [1.165, 1.54) is 0 Å². The van der Waals surface area contributed by atoms with E-state index in [4.69, 9.17) is 16.3 Å². The van der Waals surface area contributed by atoms with E-state index in [-0.39, 0.29) is 11.3 Å². The number of ether oxygens (including phenoxy) is 1. The van der Waals surface area contributed by atoms with Gasteiger partial charge in [0.1, 0.15) is 12.2 Å². The van der Waals surface area contributed by atoms with Crippen LogP contribution in [0.4, 0.5) is 5.69 Å². The normalized spacial score (nSPS) is 18.8. The zero-order valence-electron chi connectivity index (χ0n) is 19.3. The number of fused-ring (bicyclic) bond motifs is 2. The van der Waals surface area contributed by atoms with E-state index in [2.05, 4.69) is 6.07 Å². The molecule has 3 aromatic carbocycles. The van der Waals surface area contributed by atoms with E-state index in [0.29, 0.717) is 17.3 Å². The summed E-state index contributed by atoms with van der Waals surface area (Å²) >= 11 is 6.41. The maximum atomic E-state index is 13.6. The van der Waals surface area contributed by atoms with Crippen molar-refractivity contribution in [3.8, 4) is 0 Å². The van der Waals surface area contributed by atoms with Crippen LogP contribution in [-0.2, 0) is 14.3 Å². The Bertz CT molecular complexity index is 1230. The number of carbonyl (C=O) groups excluding carboxylic acids is 1. The van der Waals surface area contributed by atoms with Crippen molar-refractivity contribution in [1.29, 1.82) is 0 Å². The van der Waals surface area contributed by atoms with Gasteiger partial charge in [0.2, 0.25) is 0 Å². The minimum Gasteiger partial charge on any atom is -0.481 e. The van der Waals surface area contributed by atoms with Crippen molar-refractivity contribution in [3.05, 3.63) is 76.3 Å². The third kappa shape index (κ3) is 4.75. The van der Waals surface area contributed by atoms with Gasteiger partial charge in [0.25, 0.3) is 5.91 Å². The lowest BCUT2D eigenvalue weighted by Crippen LogP contribution is -2.44. The molecule has 1 N–H and O–H groups in total. The standard InChI is InChI=1S/C27H28ClNO4/c1-16-7-5-9-19-18(16)8-6-10-20(19)25-21-13-17(28)11-12-22(21)29(15-27(2,3)4)26(32)23(33-25)14-24(30)31/h5-13,23,25H,14-15H2,1-4H3,(H,30,31)/t23-,25-/m0/s1. The van der Waals surface area contributed by atoms with Crippen LogP contribution in [-0.4, -0.2) is 29.6 Å². The van der Waals surface area contributed by atoms with Crippen LogP contribution in [0.1, 0.15) is 50.0 Å². The summed E-state index contributed by atoms with van der Waals surface area (Å²) in [6.45, 7) is 8.59. The Kier molecular flexibility index (Phi) is 6.21. The molecule has 33 heavy (non-hydrogen) atoms. The monoisotopic (exact) mass is 465 g/mol. The molecule has 2 atom stereocenters. The summed E-state index contributed by atoms with van der Waals surface area (Å²) in [7, 11) is 0. The van der Waals surface area contributed by atoms with Crippen LogP contribution in [0, 0.1) is 12.3 Å². The van der Waals surface area contributed by atoms with Crippen molar-refractivity contribution < 1.29 is 19.4 Å². The fraction of sp³-hybridized carbons (Fsp3) is 0.333. The third-order valence-corrected chi connectivity index (χ3v) is 6.09. The van der Waals surface area contributed by atoms with Gasteiger partial charge in [0.15, 0.2) is 0 Å². The smallest absolute Gasteiger partial charge is 0.306 e. The summed E-state index contributed by atoms with van der Waals surface area (Å²) in [5.41, 5.74) is 3.24. The molecule has 6 heteroatoms. The minimum atomic E-state index is -1.12. The van der Waals surface area contributed by atoms with Crippen LogP contribution >= 0.6 is 11.6 Å². The van der Waals surface area contributed by atoms with Gasteiger partial charge in [0, 0.05) is 22.8 Å². The number of benzene rings is 3. The summed E-state index contributed by atoms with van der Waals surface area (Å²) < 4.78 is 6.36. The van der Waals surface area contributed by atoms with Gasteiger partial charge in [-0.1, -0.05) is 68.8 Å². The molecule has 4 rings (SSSR count). The van der Waals surface area contributed by atoms with Crippen molar-refractivity contribution in [2.45, 2.75) is 46.3 Å². The maximum Gasteiger partial charge on any atom is 0.306 e. The quantitative estimate of drug-likeness (QED) is 0.502. The number of anilines is 1. The molecular weight excluding hydrogens is 438 g/mol. The van der Waals surface area contributed by atoms with Gasteiger partial charge < -0.3 is 14.7 Å². The summed E-state index contributed by atoms with van der Waals surface area (Å²) in [5, 5.41) is 12.2. The Morgan fingerprint density at radius 2 is 1.76 bits per heavy atom. The van der Waals surface area contributed by atoms with E-state index in [9.17, 15) is 14.7 Å². The number of aryl methyl sites for hydroxylation is 1. The molecule has 3 aromatic rings. The molecule has 0 aromatic heterocycles. The van der Waals surface area contributed by atoms with E-state index in [1.807, 2.05) is 70.2 Å². The van der Waals surface area contributed by atoms with Crippen molar-refractivity contribution in [2.24, 2.45) is 5.41 Å². The number of rotatable bonds is 4. The molecule has 0 bridgehead atoms. The van der Waals surface area contributed by atoms with Crippen LogP contribution in [0.2, 0.25) is 5.02 Å². The Morgan fingerprint density at radius 3 is 2.45 bits per heavy atom. The summed E-state index contributed by atoms with van der Waals surface area (Å²) in [4.78, 5) is 26.9. The number of hydrogen-bond donors (Lipinski definition) is 1. The molecule has 5 nitrogen and oxygen atoms in total. The molecular formula is C27H28ClNO4. The molecule has 0 saturated carbocycles. The number of halogens is 1. The Labute approximate surface area is 198 Å². The Hall–Kier alpha value is -2.89. The molecule has 1 aliphatic heterocycles. The molecule has 0 spiro atoms. The molecule has 0 aliphatic carbocycles. The van der Waals surface area contributed by atoms with Crippen LogP contribution in [0.25, 0.3) is 10.8 Å². The van der Waals surface area contributed by atoms with Gasteiger partial charge in [-0.2, -0.15) is 0 Å². The lowest BCUT2D eigenvalue weighted by molar-refractivity contribution is -0.147. The van der Waals surface area contributed by atoms with Crippen LogP contribution in [0.3, 0.4) is 0 Å². The van der Waals surface area contributed by atoms with Crippen LogP contribution in [0.5, 0.6) is 0 Å².